The molecule has 0 spiro atoms. The van der Waals surface area contributed by atoms with Gasteiger partial charge in [-0.25, -0.2) is 0 Å². The quantitative estimate of drug-likeness (QED) is 0.761. The van der Waals surface area contributed by atoms with E-state index < -0.39 is 0 Å². The zero-order valence-electron chi connectivity index (χ0n) is 9.87. The highest BCUT2D eigenvalue weighted by atomic mass is 16.5. The van der Waals surface area contributed by atoms with Crippen molar-refractivity contribution < 1.29 is 4.74 Å². The Morgan fingerprint density at radius 1 is 1.33 bits per heavy atom. The fourth-order valence-electron chi connectivity index (χ4n) is 2.49. The van der Waals surface area contributed by atoms with Gasteiger partial charge >= 0.3 is 0 Å². The van der Waals surface area contributed by atoms with Crippen LogP contribution in [0.2, 0.25) is 0 Å². The lowest BCUT2D eigenvalue weighted by molar-refractivity contribution is -0.122. The second-order valence-electron chi connectivity index (χ2n) is 5.28. The average Bonchev–Trinajstić information content (AvgIpc) is 2.20. The van der Waals surface area contributed by atoms with Gasteiger partial charge in [0.1, 0.15) is 0 Å². The maximum atomic E-state index is 5.90. The molecule has 3 nitrogen and oxygen atoms in total. The molecule has 0 radical (unpaired) electrons. The fourth-order valence-corrected chi connectivity index (χ4v) is 2.49. The third-order valence-electron chi connectivity index (χ3n) is 4.16. The highest BCUT2D eigenvalue weighted by Crippen LogP contribution is 2.35. The molecule has 2 heterocycles. The highest BCUT2D eigenvalue weighted by molar-refractivity contribution is 4.86. The standard InChI is InChI=1S/C12H24N2O/c1-2-12(9-15-10-12)5-8-14-6-3-11(13)4-7-14/h11H,2-10,13H2,1H3. The first-order valence-corrected chi connectivity index (χ1v) is 6.30. The molecule has 2 aliphatic rings. The summed E-state index contributed by atoms with van der Waals surface area (Å²) in [7, 11) is 0. The molecular formula is C12H24N2O. The lowest BCUT2D eigenvalue weighted by Gasteiger charge is -2.42. The molecule has 2 fully saturated rings. The van der Waals surface area contributed by atoms with Crippen LogP contribution in [0.5, 0.6) is 0 Å². The van der Waals surface area contributed by atoms with Gasteiger partial charge in [-0.2, -0.15) is 0 Å². The Morgan fingerprint density at radius 2 is 2.00 bits per heavy atom. The van der Waals surface area contributed by atoms with Gasteiger partial charge in [0, 0.05) is 11.5 Å². The summed E-state index contributed by atoms with van der Waals surface area (Å²) in [5.41, 5.74) is 6.41. The van der Waals surface area contributed by atoms with Gasteiger partial charge in [0.15, 0.2) is 0 Å². The van der Waals surface area contributed by atoms with Crippen LogP contribution >= 0.6 is 0 Å². The van der Waals surface area contributed by atoms with E-state index >= 15 is 0 Å². The van der Waals surface area contributed by atoms with Crippen LogP contribution in [0.15, 0.2) is 0 Å². The number of piperidine rings is 1. The second-order valence-corrected chi connectivity index (χ2v) is 5.28. The molecule has 0 aromatic heterocycles. The summed E-state index contributed by atoms with van der Waals surface area (Å²) in [5.74, 6) is 0. The van der Waals surface area contributed by atoms with Crippen LogP contribution in [0.1, 0.15) is 32.6 Å². The molecule has 0 unspecified atom stereocenters. The Hall–Kier alpha value is -0.120. The summed E-state index contributed by atoms with van der Waals surface area (Å²) in [6, 6.07) is 0.452. The minimum absolute atomic E-state index is 0.452. The molecule has 88 valence electrons. The van der Waals surface area contributed by atoms with E-state index in [1.807, 2.05) is 0 Å². The van der Waals surface area contributed by atoms with Gasteiger partial charge in [0.05, 0.1) is 13.2 Å². The van der Waals surface area contributed by atoms with Crippen LogP contribution in [-0.4, -0.2) is 43.8 Å². The van der Waals surface area contributed by atoms with E-state index in [1.54, 1.807) is 0 Å². The van der Waals surface area contributed by atoms with Crippen molar-refractivity contribution in [2.45, 2.75) is 38.6 Å². The fraction of sp³-hybridized carbons (Fsp3) is 1.00. The molecule has 3 heteroatoms. The Bertz CT molecular complexity index is 190. The van der Waals surface area contributed by atoms with Crippen LogP contribution in [-0.2, 0) is 4.74 Å². The number of likely N-dealkylation sites (tertiary alicyclic amines) is 1. The molecule has 0 aromatic carbocycles. The van der Waals surface area contributed by atoms with E-state index in [-0.39, 0.29) is 0 Å². The number of ether oxygens (including phenoxy) is 1. The summed E-state index contributed by atoms with van der Waals surface area (Å²) in [6.45, 7) is 7.88. The second kappa shape index (κ2) is 4.81. The normalized spacial score (nSPS) is 27.6. The SMILES string of the molecule is CCC1(CCN2CCC(N)CC2)COC1. The van der Waals surface area contributed by atoms with Gasteiger partial charge in [-0.15, -0.1) is 0 Å². The Balaban J connectivity index is 1.69. The monoisotopic (exact) mass is 212 g/mol. The molecule has 2 rings (SSSR count). The summed E-state index contributed by atoms with van der Waals surface area (Å²) in [4.78, 5) is 2.57. The first-order valence-electron chi connectivity index (χ1n) is 6.30. The average molecular weight is 212 g/mol. The van der Waals surface area contributed by atoms with E-state index in [4.69, 9.17) is 10.5 Å². The molecule has 0 atom stereocenters. The topological polar surface area (TPSA) is 38.5 Å². The number of hydrogen-bond donors (Lipinski definition) is 1. The molecule has 0 amide bonds. The molecule has 2 saturated heterocycles. The lowest BCUT2D eigenvalue weighted by atomic mass is 9.80. The minimum Gasteiger partial charge on any atom is -0.380 e. The van der Waals surface area contributed by atoms with Gasteiger partial charge in [-0.1, -0.05) is 6.92 Å². The molecule has 0 saturated carbocycles. The van der Waals surface area contributed by atoms with Crippen molar-refractivity contribution in [2.24, 2.45) is 11.1 Å². The Labute approximate surface area is 93.0 Å². The van der Waals surface area contributed by atoms with Gasteiger partial charge in [0.25, 0.3) is 0 Å². The Kier molecular flexibility index (Phi) is 3.65. The van der Waals surface area contributed by atoms with Crippen LogP contribution in [0.4, 0.5) is 0 Å². The van der Waals surface area contributed by atoms with Gasteiger partial charge in [-0.3, -0.25) is 0 Å². The van der Waals surface area contributed by atoms with E-state index in [2.05, 4.69) is 11.8 Å². The Morgan fingerprint density at radius 3 is 2.47 bits per heavy atom. The smallest absolute Gasteiger partial charge is 0.0545 e. The highest BCUT2D eigenvalue weighted by Gasteiger charge is 2.36. The first kappa shape index (κ1) is 11.4. The van der Waals surface area contributed by atoms with Crippen molar-refractivity contribution in [3.63, 3.8) is 0 Å². The van der Waals surface area contributed by atoms with Crippen molar-refractivity contribution >= 4 is 0 Å². The van der Waals surface area contributed by atoms with Crippen LogP contribution in [0, 0.1) is 5.41 Å². The molecular weight excluding hydrogens is 188 g/mol. The van der Waals surface area contributed by atoms with Crippen molar-refractivity contribution in [1.29, 1.82) is 0 Å². The zero-order valence-corrected chi connectivity index (χ0v) is 9.87. The van der Waals surface area contributed by atoms with Crippen LogP contribution in [0.25, 0.3) is 0 Å². The summed E-state index contributed by atoms with van der Waals surface area (Å²) in [6.07, 6.45) is 4.92. The van der Waals surface area contributed by atoms with Crippen molar-refractivity contribution in [3.05, 3.63) is 0 Å². The molecule has 2 N–H and O–H groups in total. The van der Waals surface area contributed by atoms with Gasteiger partial charge in [-0.05, 0) is 45.3 Å². The maximum Gasteiger partial charge on any atom is 0.0545 e. The zero-order chi connectivity index (χ0) is 10.7. The maximum absolute atomic E-state index is 5.90. The van der Waals surface area contributed by atoms with Crippen molar-refractivity contribution in [3.8, 4) is 0 Å². The van der Waals surface area contributed by atoms with Crippen LogP contribution in [0.3, 0.4) is 0 Å². The summed E-state index contributed by atoms with van der Waals surface area (Å²) >= 11 is 0. The predicted molar refractivity (Wildman–Crippen MR) is 61.8 cm³/mol. The molecule has 0 aromatic rings. The largest absolute Gasteiger partial charge is 0.380 e. The molecule has 2 aliphatic heterocycles. The molecule has 15 heavy (non-hydrogen) atoms. The lowest BCUT2D eigenvalue weighted by Crippen LogP contribution is -2.46. The number of nitrogens with two attached hydrogens (primary N) is 1. The van der Waals surface area contributed by atoms with E-state index in [0.717, 1.165) is 13.2 Å². The van der Waals surface area contributed by atoms with Crippen LogP contribution < -0.4 is 5.73 Å². The predicted octanol–water partition coefficient (Wildman–Crippen LogP) is 1.23. The number of nitrogens with zero attached hydrogens (tertiary/aromatic N) is 1. The third-order valence-corrected chi connectivity index (χ3v) is 4.16. The first-order chi connectivity index (χ1) is 7.24. The minimum atomic E-state index is 0.452. The van der Waals surface area contributed by atoms with Gasteiger partial charge < -0.3 is 15.4 Å². The molecule has 0 bridgehead atoms. The third kappa shape index (κ3) is 2.71. The summed E-state index contributed by atoms with van der Waals surface area (Å²) < 4.78 is 5.35. The van der Waals surface area contributed by atoms with E-state index in [0.29, 0.717) is 11.5 Å². The number of rotatable bonds is 4. The van der Waals surface area contributed by atoms with Crippen molar-refractivity contribution in [2.75, 3.05) is 32.8 Å². The van der Waals surface area contributed by atoms with E-state index in [9.17, 15) is 0 Å². The summed E-state index contributed by atoms with van der Waals surface area (Å²) in [5, 5.41) is 0. The molecule has 0 aliphatic carbocycles. The van der Waals surface area contributed by atoms with Crippen molar-refractivity contribution in [1.82, 2.24) is 4.90 Å². The van der Waals surface area contributed by atoms with E-state index in [1.165, 1.54) is 45.3 Å². The van der Waals surface area contributed by atoms with Gasteiger partial charge in [0.2, 0.25) is 0 Å². The number of hydrogen-bond acceptors (Lipinski definition) is 3.